The molecule has 0 bridgehead atoms. The number of aromatic nitrogens is 1. The van der Waals surface area contributed by atoms with Crippen molar-refractivity contribution >= 4 is 10.9 Å². The summed E-state index contributed by atoms with van der Waals surface area (Å²) in [7, 11) is 1.64. The highest BCUT2D eigenvalue weighted by molar-refractivity contribution is 5.84. The Hall–Kier alpha value is -2.67. The third-order valence-corrected chi connectivity index (χ3v) is 4.03. The number of hydrogen-bond donors (Lipinski definition) is 2. The minimum absolute atomic E-state index is 0.214. The lowest BCUT2D eigenvalue weighted by atomic mass is 10.1. The first kappa shape index (κ1) is 18.1. The van der Waals surface area contributed by atoms with Crippen molar-refractivity contribution in [2.45, 2.75) is 19.3 Å². The molecule has 2 aromatic carbocycles. The largest absolute Gasteiger partial charge is 0.573 e. The van der Waals surface area contributed by atoms with Gasteiger partial charge in [-0.05, 0) is 54.4 Å². The fourth-order valence-corrected chi connectivity index (χ4v) is 2.76. The molecule has 0 saturated carbocycles. The maximum Gasteiger partial charge on any atom is 0.573 e. The molecule has 0 radical (unpaired) electrons. The zero-order chi connectivity index (χ0) is 18.6. The smallest absolute Gasteiger partial charge is 0.497 e. The molecule has 0 unspecified atom stereocenters. The molecule has 26 heavy (non-hydrogen) atoms. The number of H-pyrrole nitrogens is 1. The lowest BCUT2D eigenvalue weighted by Gasteiger charge is -2.09. The SMILES string of the molecule is COc1ccc2[nH]cc(CCNCc3ccc(OC(F)(F)F)cc3)c2c1. The van der Waals surface area contributed by atoms with Gasteiger partial charge < -0.3 is 19.8 Å². The normalized spacial score (nSPS) is 11.7. The summed E-state index contributed by atoms with van der Waals surface area (Å²) < 4.78 is 45.5. The summed E-state index contributed by atoms with van der Waals surface area (Å²) in [6.45, 7) is 1.31. The number of alkyl halides is 3. The molecule has 0 amide bonds. The highest BCUT2D eigenvalue weighted by Gasteiger charge is 2.30. The Morgan fingerprint density at radius 3 is 2.46 bits per heavy atom. The third-order valence-electron chi connectivity index (χ3n) is 4.03. The Kier molecular flexibility index (Phi) is 5.37. The van der Waals surface area contributed by atoms with Gasteiger partial charge in [0.2, 0.25) is 0 Å². The van der Waals surface area contributed by atoms with Crippen LogP contribution in [0.4, 0.5) is 13.2 Å². The van der Waals surface area contributed by atoms with Crippen LogP contribution < -0.4 is 14.8 Å². The molecule has 0 atom stereocenters. The monoisotopic (exact) mass is 364 g/mol. The van der Waals surface area contributed by atoms with Crippen molar-refractivity contribution in [2.24, 2.45) is 0 Å². The molecular formula is C19H19F3N2O2. The lowest BCUT2D eigenvalue weighted by Crippen LogP contribution is -2.18. The number of hydrogen-bond acceptors (Lipinski definition) is 3. The van der Waals surface area contributed by atoms with E-state index in [2.05, 4.69) is 15.0 Å². The van der Waals surface area contributed by atoms with Gasteiger partial charge in [-0.25, -0.2) is 0 Å². The quantitative estimate of drug-likeness (QED) is 0.611. The first-order valence-corrected chi connectivity index (χ1v) is 8.14. The van der Waals surface area contributed by atoms with Gasteiger partial charge >= 0.3 is 6.36 Å². The average Bonchev–Trinajstić information content (AvgIpc) is 3.01. The Morgan fingerprint density at radius 1 is 1.04 bits per heavy atom. The van der Waals surface area contributed by atoms with Crippen LogP contribution in [0.1, 0.15) is 11.1 Å². The molecule has 1 aromatic heterocycles. The second kappa shape index (κ2) is 7.70. The summed E-state index contributed by atoms with van der Waals surface area (Å²) in [6.07, 6.45) is -1.86. The minimum Gasteiger partial charge on any atom is -0.497 e. The number of ether oxygens (including phenoxy) is 2. The van der Waals surface area contributed by atoms with Gasteiger partial charge in [0.25, 0.3) is 0 Å². The molecule has 0 fully saturated rings. The fourth-order valence-electron chi connectivity index (χ4n) is 2.76. The van der Waals surface area contributed by atoms with E-state index >= 15 is 0 Å². The zero-order valence-electron chi connectivity index (χ0n) is 14.2. The molecule has 0 spiro atoms. The standard InChI is InChI=1S/C19H19F3N2O2/c1-25-16-6-7-18-17(10-16)14(12-24-18)8-9-23-11-13-2-4-15(5-3-13)26-19(20,21)22/h2-7,10,12,23-24H,8-9,11H2,1H3. The number of fused-ring (bicyclic) bond motifs is 1. The molecule has 1 heterocycles. The van der Waals surface area contributed by atoms with Crippen LogP contribution in [0.2, 0.25) is 0 Å². The lowest BCUT2D eigenvalue weighted by molar-refractivity contribution is -0.274. The molecule has 3 rings (SSSR count). The maximum atomic E-state index is 12.1. The van der Waals surface area contributed by atoms with Gasteiger partial charge in [-0.15, -0.1) is 13.2 Å². The van der Waals surface area contributed by atoms with Crippen molar-refractivity contribution < 1.29 is 22.6 Å². The van der Waals surface area contributed by atoms with Gasteiger partial charge in [0.15, 0.2) is 0 Å². The van der Waals surface area contributed by atoms with E-state index in [4.69, 9.17) is 4.74 Å². The van der Waals surface area contributed by atoms with Crippen molar-refractivity contribution in [2.75, 3.05) is 13.7 Å². The van der Waals surface area contributed by atoms with Gasteiger partial charge in [0, 0.05) is 23.6 Å². The number of benzene rings is 2. The third kappa shape index (κ3) is 4.70. The summed E-state index contributed by atoms with van der Waals surface area (Å²) in [4.78, 5) is 3.23. The van der Waals surface area contributed by atoms with Gasteiger partial charge in [-0.1, -0.05) is 12.1 Å². The minimum atomic E-state index is -4.66. The molecule has 0 aliphatic heterocycles. The highest BCUT2D eigenvalue weighted by Crippen LogP contribution is 2.24. The molecule has 0 aliphatic carbocycles. The van der Waals surface area contributed by atoms with Crippen LogP contribution in [0.25, 0.3) is 10.9 Å². The first-order valence-electron chi connectivity index (χ1n) is 8.14. The predicted molar refractivity (Wildman–Crippen MR) is 93.4 cm³/mol. The second-order valence-corrected chi connectivity index (χ2v) is 5.84. The molecular weight excluding hydrogens is 345 g/mol. The van der Waals surface area contributed by atoms with E-state index in [9.17, 15) is 13.2 Å². The number of aromatic amines is 1. The van der Waals surface area contributed by atoms with Gasteiger partial charge in [0.05, 0.1) is 7.11 Å². The van der Waals surface area contributed by atoms with Crippen LogP contribution in [-0.4, -0.2) is 25.0 Å². The molecule has 2 N–H and O–H groups in total. The van der Waals surface area contributed by atoms with Crippen molar-refractivity contribution in [3.8, 4) is 11.5 Å². The van der Waals surface area contributed by atoms with Crippen LogP contribution in [0, 0.1) is 0 Å². The maximum absolute atomic E-state index is 12.1. The average molecular weight is 364 g/mol. The van der Waals surface area contributed by atoms with Crippen LogP contribution >= 0.6 is 0 Å². The number of rotatable bonds is 7. The van der Waals surface area contributed by atoms with Crippen molar-refractivity contribution in [3.63, 3.8) is 0 Å². The van der Waals surface area contributed by atoms with Crippen LogP contribution in [-0.2, 0) is 13.0 Å². The topological polar surface area (TPSA) is 46.3 Å². The van der Waals surface area contributed by atoms with Crippen LogP contribution in [0.5, 0.6) is 11.5 Å². The van der Waals surface area contributed by atoms with E-state index in [0.29, 0.717) is 6.54 Å². The molecule has 7 heteroatoms. The number of methoxy groups -OCH3 is 1. The predicted octanol–water partition coefficient (Wildman–Crippen LogP) is 4.41. The Labute approximate surface area is 148 Å². The van der Waals surface area contributed by atoms with Crippen molar-refractivity contribution in [1.29, 1.82) is 0 Å². The van der Waals surface area contributed by atoms with Gasteiger partial charge in [-0.3, -0.25) is 0 Å². The van der Waals surface area contributed by atoms with Crippen molar-refractivity contribution in [1.82, 2.24) is 10.3 Å². The second-order valence-electron chi connectivity index (χ2n) is 5.84. The van der Waals surface area contributed by atoms with E-state index in [1.54, 1.807) is 19.2 Å². The van der Waals surface area contributed by atoms with E-state index in [1.165, 1.54) is 17.7 Å². The molecule has 3 aromatic rings. The summed E-state index contributed by atoms with van der Waals surface area (Å²) in [5, 5.41) is 4.42. The summed E-state index contributed by atoms with van der Waals surface area (Å²) in [5.41, 5.74) is 3.13. The van der Waals surface area contributed by atoms with Gasteiger partial charge in [0.1, 0.15) is 11.5 Å². The summed E-state index contributed by atoms with van der Waals surface area (Å²) >= 11 is 0. The van der Waals surface area contributed by atoms with E-state index in [-0.39, 0.29) is 5.75 Å². The highest BCUT2D eigenvalue weighted by atomic mass is 19.4. The van der Waals surface area contributed by atoms with E-state index in [1.807, 2.05) is 24.4 Å². The van der Waals surface area contributed by atoms with E-state index < -0.39 is 6.36 Å². The van der Waals surface area contributed by atoms with Crippen molar-refractivity contribution in [3.05, 3.63) is 59.8 Å². The Morgan fingerprint density at radius 2 is 1.77 bits per heavy atom. The van der Waals surface area contributed by atoms with Crippen LogP contribution in [0.15, 0.2) is 48.7 Å². The summed E-state index contributed by atoms with van der Waals surface area (Å²) in [5.74, 6) is 0.599. The molecule has 0 saturated heterocycles. The number of nitrogens with one attached hydrogen (secondary N) is 2. The van der Waals surface area contributed by atoms with E-state index in [0.717, 1.165) is 35.2 Å². The van der Waals surface area contributed by atoms with Gasteiger partial charge in [-0.2, -0.15) is 0 Å². The zero-order valence-corrected chi connectivity index (χ0v) is 14.2. The molecule has 138 valence electrons. The Bertz CT molecular complexity index is 857. The first-order chi connectivity index (χ1) is 12.4. The summed E-state index contributed by atoms with van der Waals surface area (Å²) in [6, 6.07) is 11.8. The Balaban J connectivity index is 1.51. The van der Waals surface area contributed by atoms with Crippen LogP contribution in [0.3, 0.4) is 0 Å². The fraction of sp³-hybridized carbons (Fsp3) is 0.263. The molecule has 0 aliphatic rings. The number of halogens is 3. The molecule has 4 nitrogen and oxygen atoms in total.